The number of piperazine rings is 1. The number of benzene rings is 2. The van der Waals surface area contributed by atoms with Crippen molar-refractivity contribution in [2.75, 3.05) is 69.8 Å². The molecule has 0 amide bonds. The second kappa shape index (κ2) is 11.5. The fourth-order valence-electron chi connectivity index (χ4n) is 4.42. The number of methoxy groups -OCH3 is 1. The van der Waals surface area contributed by atoms with Crippen molar-refractivity contribution >= 4 is 41.3 Å². The van der Waals surface area contributed by atoms with Gasteiger partial charge in [0.25, 0.3) is 0 Å². The lowest BCUT2D eigenvalue weighted by molar-refractivity contribution is 0.369. The second-order valence-electron chi connectivity index (χ2n) is 8.04. The van der Waals surface area contributed by atoms with Crippen LogP contribution < -0.4 is 19.9 Å². The number of hydrogen-bond acceptors (Lipinski definition) is 4. The van der Waals surface area contributed by atoms with Crippen molar-refractivity contribution in [3.63, 3.8) is 0 Å². The fourth-order valence-corrected chi connectivity index (χ4v) is 4.42. The third-order valence-electron chi connectivity index (χ3n) is 6.17. The van der Waals surface area contributed by atoms with Gasteiger partial charge < -0.3 is 24.8 Å². The van der Waals surface area contributed by atoms with Crippen molar-refractivity contribution in [3.05, 3.63) is 54.6 Å². The highest BCUT2D eigenvalue weighted by Crippen LogP contribution is 2.26. The molecule has 168 valence electrons. The zero-order chi connectivity index (χ0) is 20.8. The van der Waals surface area contributed by atoms with Crippen LogP contribution in [0.25, 0.3) is 0 Å². The Balaban J connectivity index is 0.00000272. The minimum absolute atomic E-state index is 0. The van der Waals surface area contributed by atoms with Gasteiger partial charge in [-0.05, 0) is 36.6 Å². The number of halogens is 1. The van der Waals surface area contributed by atoms with Crippen molar-refractivity contribution in [2.45, 2.75) is 6.42 Å². The number of guanidine groups is 1. The number of rotatable bonds is 5. The molecule has 2 aliphatic heterocycles. The Labute approximate surface area is 203 Å². The minimum atomic E-state index is 0. The van der Waals surface area contributed by atoms with Crippen LogP contribution in [-0.2, 0) is 0 Å². The maximum atomic E-state index is 5.37. The van der Waals surface area contributed by atoms with Gasteiger partial charge in [0.1, 0.15) is 5.75 Å². The van der Waals surface area contributed by atoms with Crippen LogP contribution in [0.1, 0.15) is 6.42 Å². The number of para-hydroxylation sites is 1. The van der Waals surface area contributed by atoms with Crippen LogP contribution in [0.15, 0.2) is 59.6 Å². The van der Waals surface area contributed by atoms with E-state index < -0.39 is 0 Å². The topological polar surface area (TPSA) is 43.3 Å². The summed E-state index contributed by atoms with van der Waals surface area (Å²) in [5.41, 5.74) is 2.56. The Kier molecular flexibility index (Phi) is 8.69. The fraction of sp³-hybridized carbons (Fsp3) is 0.458. The van der Waals surface area contributed by atoms with E-state index >= 15 is 0 Å². The van der Waals surface area contributed by atoms with Gasteiger partial charge in [-0.3, -0.25) is 4.99 Å². The van der Waals surface area contributed by atoms with Crippen molar-refractivity contribution in [2.24, 2.45) is 10.9 Å². The molecule has 2 heterocycles. The minimum Gasteiger partial charge on any atom is -0.497 e. The summed E-state index contributed by atoms with van der Waals surface area (Å²) in [6, 6.07) is 19.0. The van der Waals surface area contributed by atoms with E-state index in [1.165, 1.54) is 17.8 Å². The normalized spacial score (nSPS) is 19.2. The van der Waals surface area contributed by atoms with Crippen LogP contribution in [0.2, 0.25) is 0 Å². The molecule has 2 fully saturated rings. The third-order valence-corrected chi connectivity index (χ3v) is 6.17. The standard InChI is InChI=1S/C24H33N5O.HI/c1-25-24(28-15-13-27(14-16-28)21-7-4-3-5-8-21)26-18-20-11-12-29(19-20)22-9-6-10-23(17-22)30-2;/h3-10,17,20H,11-16,18-19H2,1-2H3,(H,25,26);1H. The van der Waals surface area contributed by atoms with Crippen LogP contribution in [0.4, 0.5) is 11.4 Å². The molecule has 2 aromatic rings. The zero-order valence-electron chi connectivity index (χ0n) is 18.5. The number of nitrogens with one attached hydrogen (secondary N) is 1. The quantitative estimate of drug-likeness (QED) is 0.361. The molecule has 1 unspecified atom stereocenters. The zero-order valence-corrected chi connectivity index (χ0v) is 20.9. The molecular formula is C24H34IN5O. The van der Waals surface area contributed by atoms with Crippen LogP contribution in [0.5, 0.6) is 5.75 Å². The molecule has 0 radical (unpaired) electrons. The lowest BCUT2D eigenvalue weighted by atomic mass is 10.1. The van der Waals surface area contributed by atoms with Crippen molar-refractivity contribution in [3.8, 4) is 5.75 Å². The molecule has 1 N–H and O–H groups in total. The molecule has 4 rings (SSSR count). The molecule has 2 saturated heterocycles. The van der Waals surface area contributed by atoms with Crippen molar-refractivity contribution < 1.29 is 4.74 Å². The molecule has 2 aromatic carbocycles. The summed E-state index contributed by atoms with van der Waals surface area (Å²) in [6.45, 7) is 7.17. The van der Waals surface area contributed by atoms with Gasteiger partial charge in [-0.25, -0.2) is 0 Å². The Hall–Kier alpha value is -2.16. The van der Waals surface area contributed by atoms with Gasteiger partial charge in [-0.15, -0.1) is 24.0 Å². The van der Waals surface area contributed by atoms with Gasteiger partial charge in [0.15, 0.2) is 5.96 Å². The summed E-state index contributed by atoms with van der Waals surface area (Å²) in [5, 5.41) is 3.64. The highest BCUT2D eigenvalue weighted by Gasteiger charge is 2.25. The van der Waals surface area contributed by atoms with Crippen molar-refractivity contribution in [1.29, 1.82) is 0 Å². The first-order valence-electron chi connectivity index (χ1n) is 10.9. The molecule has 2 aliphatic rings. The molecular weight excluding hydrogens is 501 g/mol. The van der Waals surface area contributed by atoms with E-state index in [4.69, 9.17) is 4.74 Å². The largest absolute Gasteiger partial charge is 0.497 e. The molecule has 0 saturated carbocycles. The second-order valence-corrected chi connectivity index (χ2v) is 8.04. The van der Waals surface area contributed by atoms with E-state index in [0.29, 0.717) is 5.92 Å². The van der Waals surface area contributed by atoms with Crippen molar-refractivity contribution in [1.82, 2.24) is 10.2 Å². The predicted molar refractivity (Wildman–Crippen MR) is 140 cm³/mol. The lowest BCUT2D eigenvalue weighted by Gasteiger charge is -2.38. The monoisotopic (exact) mass is 535 g/mol. The third kappa shape index (κ3) is 5.96. The highest BCUT2D eigenvalue weighted by molar-refractivity contribution is 14.0. The number of aliphatic imine (C=N–C) groups is 1. The summed E-state index contributed by atoms with van der Waals surface area (Å²) in [5.74, 6) is 2.57. The summed E-state index contributed by atoms with van der Waals surface area (Å²) in [7, 11) is 3.62. The first-order chi connectivity index (χ1) is 14.8. The van der Waals surface area contributed by atoms with Gasteiger partial charge >= 0.3 is 0 Å². The molecule has 1 atom stereocenters. The van der Waals surface area contributed by atoms with Gasteiger partial charge in [0, 0.05) is 70.3 Å². The van der Waals surface area contributed by atoms with E-state index in [1.54, 1.807) is 7.11 Å². The van der Waals surface area contributed by atoms with Gasteiger partial charge in [-0.1, -0.05) is 24.3 Å². The van der Waals surface area contributed by atoms with E-state index in [9.17, 15) is 0 Å². The number of hydrogen-bond donors (Lipinski definition) is 1. The summed E-state index contributed by atoms with van der Waals surface area (Å²) >= 11 is 0. The maximum absolute atomic E-state index is 5.37. The van der Waals surface area contributed by atoms with E-state index in [2.05, 4.69) is 73.5 Å². The molecule has 31 heavy (non-hydrogen) atoms. The average molecular weight is 535 g/mol. The SMILES string of the molecule is CN=C(NCC1CCN(c2cccc(OC)c2)C1)N1CCN(c2ccccc2)CC1.I. The maximum Gasteiger partial charge on any atom is 0.193 e. The smallest absolute Gasteiger partial charge is 0.193 e. The molecule has 0 spiro atoms. The first kappa shape index (κ1) is 23.5. The predicted octanol–water partition coefficient (Wildman–Crippen LogP) is 3.54. The van der Waals surface area contributed by atoms with Crippen LogP contribution in [0.3, 0.4) is 0 Å². The average Bonchev–Trinajstić information content (AvgIpc) is 3.30. The summed E-state index contributed by atoms with van der Waals surface area (Å²) < 4.78 is 5.37. The Morgan fingerprint density at radius 2 is 1.71 bits per heavy atom. The van der Waals surface area contributed by atoms with Gasteiger partial charge in [0.2, 0.25) is 0 Å². The number of ether oxygens (including phenoxy) is 1. The highest BCUT2D eigenvalue weighted by atomic mass is 127. The van der Waals surface area contributed by atoms with Crippen LogP contribution in [0, 0.1) is 5.92 Å². The first-order valence-corrected chi connectivity index (χ1v) is 10.9. The Bertz CT molecular complexity index is 839. The molecule has 0 aromatic heterocycles. The van der Waals surface area contributed by atoms with Crippen LogP contribution >= 0.6 is 24.0 Å². The summed E-state index contributed by atoms with van der Waals surface area (Å²) in [6.07, 6.45) is 1.20. The van der Waals surface area contributed by atoms with Gasteiger partial charge in [-0.2, -0.15) is 0 Å². The van der Waals surface area contributed by atoms with Gasteiger partial charge in [0.05, 0.1) is 7.11 Å². The van der Waals surface area contributed by atoms with E-state index in [1.807, 2.05) is 13.1 Å². The number of anilines is 2. The Morgan fingerprint density at radius 1 is 0.968 bits per heavy atom. The van der Waals surface area contributed by atoms with Crippen LogP contribution in [-0.4, -0.2) is 70.8 Å². The van der Waals surface area contributed by atoms with E-state index in [0.717, 1.165) is 57.5 Å². The summed E-state index contributed by atoms with van der Waals surface area (Å²) in [4.78, 5) is 11.8. The molecule has 6 nitrogen and oxygen atoms in total. The Morgan fingerprint density at radius 3 is 2.42 bits per heavy atom. The number of nitrogens with zero attached hydrogens (tertiary/aromatic N) is 4. The lowest BCUT2D eigenvalue weighted by Crippen LogP contribution is -2.53. The molecule has 0 bridgehead atoms. The molecule has 7 heteroatoms. The van der Waals surface area contributed by atoms with E-state index in [-0.39, 0.29) is 24.0 Å². The molecule has 0 aliphatic carbocycles.